The second-order valence-corrected chi connectivity index (χ2v) is 7.92. The van der Waals surface area contributed by atoms with Crippen LogP contribution in [0.2, 0.25) is 0 Å². The normalized spacial score (nSPS) is 21.0. The Hall–Kier alpha value is -2.34. The number of ether oxygens (including phenoxy) is 1. The molecule has 1 aromatic rings. The first-order chi connectivity index (χ1) is 12.7. The van der Waals surface area contributed by atoms with E-state index in [4.69, 9.17) is 10.5 Å². The van der Waals surface area contributed by atoms with Gasteiger partial charge in [-0.1, -0.05) is 50.3 Å². The summed E-state index contributed by atoms with van der Waals surface area (Å²) >= 11 is 0. The molecule has 2 rings (SSSR count). The number of alkyl carbamates (subject to hydrolysis) is 1. The van der Waals surface area contributed by atoms with Crippen molar-refractivity contribution in [3.8, 4) is 0 Å². The second kappa shape index (κ2) is 9.04. The molecule has 0 aliphatic heterocycles. The van der Waals surface area contributed by atoms with E-state index >= 15 is 0 Å². The molecule has 0 heterocycles. The molecule has 0 unspecified atom stereocenters. The molecule has 0 saturated heterocycles. The number of carbonyl (C=O) groups is 2. The van der Waals surface area contributed by atoms with Crippen LogP contribution >= 0.6 is 0 Å². The minimum Gasteiger partial charge on any atom is -0.480 e. The highest BCUT2D eigenvalue weighted by Gasteiger charge is 2.42. The number of allylic oxidation sites excluding steroid dienone is 1. The Kier molecular flexibility index (Phi) is 7.02. The minimum absolute atomic E-state index is 0.146. The fraction of sp³-hybridized carbons (Fsp3) is 0.524. The van der Waals surface area contributed by atoms with Crippen molar-refractivity contribution in [2.45, 2.75) is 57.7 Å². The Balaban J connectivity index is 1.90. The van der Waals surface area contributed by atoms with Gasteiger partial charge in [-0.2, -0.15) is 0 Å². The summed E-state index contributed by atoms with van der Waals surface area (Å²) in [6.07, 6.45) is 3.72. The molecule has 1 fully saturated rings. The van der Waals surface area contributed by atoms with Crippen LogP contribution in [0.25, 0.3) is 0 Å². The number of amides is 1. The standard InChI is InChI=1S/C21H30N2O4/c1-4-8-15-13-17(15)27-20(26)23-18(19(24)25)21(2,3)12-11-16(22)14-9-6-5-7-10-14/h4-7,9-10,15-18H,1,8,11-13,22H2,2-3H3,(H,23,26)(H,24,25)/t15-,16+,17-,18-/m1/s1. The van der Waals surface area contributed by atoms with Crippen molar-refractivity contribution >= 4 is 12.1 Å². The van der Waals surface area contributed by atoms with Crippen LogP contribution in [0, 0.1) is 11.3 Å². The number of carboxylic acid groups (broad SMARTS) is 1. The lowest BCUT2D eigenvalue weighted by Crippen LogP contribution is -2.50. The Bertz CT molecular complexity index is 659. The average Bonchev–Trinajstić information content (AvgIpc) is 3.35. The predicted octanol–water partition coefficient (Wildman–Crippen LogP) is 3.64. The van der Waals surface area contributed by atoms with E-state index in [1.807, 2.05) is 44.2 Å². The van der Waals surface area contributed by atoms with Crippen molar-refractivity contribution in [2.75, 3.05) is 0 Å². The first-order valence-corrected chi connectivity index (χ1v) is 9.36. The van der Waals surface area contributed by atoms with Crippen LogP contribution in [-0.2, 0) is 9.53 Å². The highest BCUT2D eigenvalue weighted by atomic mass is 16.6. The zero-order valence-electron chi connectivity index (χ0n) is 16.1. The van der Waals surface area contributed by atoms with E-state index in [1.54, 1.807) is 6.08 Å². The summed E-state index contributed by atoms with van der Waals surface area (Å²) in [7, 11) is 0. The highest BCUT2D eigenvalue weighted by Crippen LogP contribution is 2.37. The SMILES string of the molecule is C=CC[C@@H]1C[C@H]1OC(=O)N[C@H](C(=O)O)C(C)(C)CC[C@H](N)c1ccccc1. The van der Waals surface area contributed by atoms with Gasteiger partial charge in [0, 0.05) is 12.0 Å². The van der Waals surface area contributed by atoms with Crippen LogP contribution in [0.3, 0.4) is 0 Å². The topological polar surface area (TPSA) is 102 Å². The summed E-state index contributed by atoms with van der Waals surface area (Å²) in [5.41, 5.74) is 6.56. The zero-order valence-corrected chi connectivity index (χ0v) is 16.1. The molecule has 0 bridgehead atoms. The molecule has 1 aromatic carbocycles. The van der Waals surface area contributed by atoms with E-state index in [0.717, 1.165) is 18.4 Å². The Morgan fingerprint density at radius 2 is 2.07 bits per heavy atom. The van der Waals surface area contributed by atoms with Crippen LogP contribution in [0.5, 0.6) is 0 Å². The number of nitrogens with two attached hydrogens (primary N) is 1. The average molecular weight is 374 g/mol. The lowest BCUT2D eigenvalue weighted by atomic mass is 9.78. The maximum Gasteiger partial charge on any atom is 0.408 e. The quantitative estimate of drug-likeness (QED) is 0.543. The maximum absolute atomic E-state index is 12.1. The van der Waals surface area contributed by atoms with E-state index in [0.29, 0.717) is 18.8 Å². The number of nitrogens with one attached hydrogen (secondary N) is 1. The zero-order chi connectivity index (χ0) is 20.0. The molecule has 1 aliphatic carbocycles. The number of aliphatic carboxylic acids is 1. The number of benzene rings is 1. The fourth-order valence-electron chi connectivity index (χ4n) is 3.25. The van der Waals surface area contributed by atoms with Crippen molar-refractivity contribution in [3.63, 3.8) is 0 Å². The molecule has 27 heavy (non-hydrogen) atoms. The van der Waals surface area contributed by atoms with Gasteiger partial charge in [-0.05, 0) is 36.7 Å². The second-order valence-electron chi connectivity index (χ2n) is 7.92. The van der Waals surface area contributed by atoms with Gasteiger partial charge >= 0.3 is 12.1 Å². The first-order valence-electron chi connectivity index (χ1n) is 9.36. The van der Waals surface area contributed by atoms with Gasteiger partial charge in [-0.25, -0.2) is 9.59 Å². The molecule has 6 heteroatoms. The third-order valence-corrected chi connectivity index (χ3v) is 5.20. The molecule has 6 nitrogen and oxygen atoms in total. The van der Waals surface area contributed by atoms with Crippen molar-refractivity contribution in [1.29, 1.82) is 0 Å². The number of hydrogen-bond donors (Lipinski definition) is 3. The molecule has 0 spiro atoms. The van der Waals surface area contributed by atoms with Crippen LogP contribution in [0.1, 0.15) is 51.1 Å². The number of hydrogen-bond acceptors (Lipinski definition) is 4. The smallest absolute Gasteiger partial charge is 0.408 e. The summed E-state index contributed by atoms with van der Waals surface area (Å²) in [6, 6.07) is 8.46. The lowest BCUT2D eigenvalue weighted by Gasteiger charge is -2.32. The third-order valence-electron chi connectivity index (χ3n) is 5.20. The molecule has 1 saturated carbocycles. The maximum atomic E-state index is 12.1. The third kappa shape index (κ3) is 6.10. The lowest BCUT2D eigenvalue weighted by molar-refractivity contribution is -0.142. The minimum atomic E-state index is -1.08. The van der Waals surface area contributed by atoms with Crippen LogP contribution in [0.4, 0.5) is 4.79 Å². The first kappa shape index (κ1) is 21.0. The van der Waals surface area contributed by atoms with E-state index < -0.39 is 23.5 Å². The Morgan fingerprint density at radius 3 is 2.67 bits per heavy atom. The summed E-state index contributed by atoms with van der Waals surface area (Å²) < 4.78 is 5.31. The molecular weight excluding hydrogens is 344 g/mol. The van der Waals surface area contributed by atoms with Gasteiger partial charge in [0.15, 0.2) is 0 Å². The van der Waals surface area contributed by atoms with Gasteiger partial charge in [0.1, 0.15) is 12.1 Å². The van der Waals surface area contributed by atoms with Gasteiger partial charge in [-0.15, -0.1) is 6.58 Å². The molecule has 1 aliphatic rings. The van der Waals surface area contributed by atoms with E-state index in [2.05, 4.69) is 11.9 Å². The predicted molar refractivity (Wildman–Crippen MR) is 104 cm³/mol. The summed E-state index contributed by atoms with van der Waals surface area (Å²) in [5.74, 6) is -0.780. The summed E-state index contributed by atoms with van der Waals surface area (Å²) in [6.45, 7) is 7.31. The Labute approximate surface area is 160 Å². The van der Waals surface area contributed by atoms with Gasteiger partial charge in [0.2, 0.25) is 0 Å². The summed E-state index contributed by atoms with van der Waals surface area (Å²) in [5, 5.41) is 12.1. The van der Waals surface area contributed by atoms with Crippen LogP contribution in [0.15, 0.2) is 43.0 Å². The number of carbonyl (C=O) groups excluding carboxylic acids is 1. The van der Waals surface area contributed by atoms with Crippen molar-refractivity contribution in [1.82, 2.24) is 5.32 Å². The Morgan fingerprint density at radius 1 is 1.41 bits per heavy atom. The summed E-state index contributed by atoms with van der Waals surface area (Å²) in [4.78, 5) is 23.9. The number of carboxylic acids is 1. The van der Waals surface area contributed by atoms with Gasteiger partial charge in [0.25, 0.3) is 0 Å². The molecule has 0 radical (unpaired) electrons. The van der Waals surface area contributed by atoms with Crippen molar-refractivity contribution < 1.29 is 19.4 Å². The van der Waals surface area contributed by atoms with Crippen molar-refractivity contribution in [2.24, 2.45) is 17.1 Å². The molecule has 0 aromatic heterocycles. The van der Waals surface area contributed by atoms with Crippen LogP contribution in [-0.4, -0.2) is 29.3 Å². The van der Waals surface area contributed by atoms with Crippen LogP contribution < -0.4 is 11.1 Å². The highest BCUT2D eigenvalue weighted by molar-refractivity contribution is 5.80. The number of rotatable bonds is 10. The monoisotopic (exact) mass is 374 g/mol. The van der Waals surface area contributed by atoms with Gasteiger partial charge in [-0.3, -0.25) is 0 Å². The van der Waals surface area contributed by atoms with E-state index in [1.165, 1.54) is 0 Å². The van der Waals surface area contributed by atoms with Gasteiger partial charge in [0.05, 0.1) is 0 Å². The molecule has 4 atom stereocenters. The fourth-order valence-corrected chi connectivity index (χ4v) is 3.25. The molecular formula is C21H30N2O4. The molecule has 148 valence electrons. The van der Waals surface area contributed by atoms with Gasteiger partial charge < -0.3 is 20.9 Å². The van der Waals surface area contributed by atoms with E-state index in [-0.39, 0.29) is 12.1 Å². The van der Waals surface area contributed by atoms with Crippen molar-refractivity contribution in [3.05, 3.63) is 48.6 Å². The largest absolute Gasteiger partial charge is 0.480 e. The molecule has 1 amide bonds. The molecule has 4 N–H and O–H groups in total. The van der Waals surface area contributed by atoms with E-state index in [9.17, 15) is 14.7 Å².